The number of allylic oxidation sites excluding steroid dienone is 1. The smallest absolute Gasteiger partial charge is 0.168 e. The highest BCUT2D eigenvalue weighted by Crippen LogP contribution is 2.31. The molecule has 0 atom stereocenters. The molecule has 5 nitrogen and oxygen atoms in total. The van der Waals surface area contributed by atoms with Gasteiger partial charge in [0.15, 0.2) is 16.7 Å². The van der Waals surface area contributed by atoms with Crippen molar-refractivity contribution in [3.63, 3.8) is 0 Å². The van der Waals surface area contributed by atoms with Gasteiger partial charge in [-0.3, -0.25) is 0 Å². The van der Waals surface area contributed by atoms with Gasteiger partial charge in [-0.2, -0.15) is 5.26 Å². The minimum Gasteiger partial charge on any atom is -0.493 e. The van der Waals surface area contributed by atoms with Crippen LogP contribution in [-0.4, -0.2) is 30.0 Å². The summed E-state index contributed by atoms with van der Waals surface area (Å²) in [6.45, 7) is 0.688. The number of benzene rings is 2. The van der Waals surface area contributed by atoms with E-state index in [-0.39, 0.29) is 0 Å². The Morgan fingerprint density at radius 3 is 2.54 bits per heavy atom. The molecule has 0 spiro atoms. The van der Waals surface area contributed by atoms with Crippen molar-refractivity contribution in [3.05, 3.63) is 71.5 Å². The Hall–Kier alpha value is -3.17. The molecule has 0 saturated carbocycles. The average Bonchev–Trinajstić information content (AvgIpc) is 3.13. The van der Waals surface area contributed by atoms with E-state index in [1.807, 2.05) is 36.6 Å². The summed E-state index contributed by atoms with van der Waals surface area (Å²) in [6.07, 6.45) is 5.65. The number of thioether (sulfide) groups is 1. The summed E-state index contributed by atoms with van der Waals surface area (Å²) in [6, 6.07) is 17.9. The largest absolute Gasteiger partial charge is 0.493 e. The maximum atomic E-state index is 9.75. The van der Waals surface area contributed by atoms with Crippen LogP contribution in [0, 0.1) is 11.3 Å². The number of ether oxygens (including phenoxy) is 2. The molecule has 1 aromatic heterocycles. The Morgan fingerprint density at radius 2 is 1.89 bits per heavy atom. The Balaban J connectivity index is 2.02. The molecule has 1 heterocycles. The van der Waals surface area contributed by atoms with E-state index in [9.17, 15) is 5.26 Å². The van der Waals surface area contributed by atoms with E-state index in [2.05, 4.69) is 27.8 Å². The maximum absolute atomic E-state index is 9.75. The molecule has 3 rings (SSSR count). The lowest BCUT2D eigenvalue weighted by Crippen LogP contribution is -2.03. The third-order valence-corrected chi connectivity index (χ3v) is 5.01. The van der Waals surface area contributed by atoms with Crippen LogP contribution >= 0.6 is 11.8 Å². The Morgan fingerprint density at radius 1 is 1.14 bits per heavy atom. The molecular formula is C22H21N3O2S. The minimum atomic E-state index is 0.530. The van der Waals surface area contributed by atoms with Crippen molar-refractivity contribution in [2.24, 2.45) is 0 Å². The van der Waals surface area contributed by atoms with Gasteiger partial charge in [0.1, 0.15) is 0 Å². The third kappa shape index (κ3) is 4.21. The normalized spacial score (nSPS) is 11.1. The maximum Gasteiger partial charge on any atom is 0.168 e. The fraction of sp³-hybridized carbons (Fsp3) is 0.182. The van der Waals surface area contributed by atoms with Crippen LogP contribution in [0.3, 0.4) is 0 Å². The summed E-state index contributed by atoms with van der Waals surface area (Å²) < 4.78 is 12.8. The SMILES string of the molecule is COc1ccc(C(C#N)=Cc2cnc(SC)n2Cc2ccccc2)cc1OC. The molecule has 0 aliphatic rings. The number of rotatable bonds is 7. The van der Waals surface area contributed by atoms with Gasteiger partial charge < -0.3 is 14.0 Å². The molecule has 0 unspecified atom stereocenters. The number of nitrogens with zero attached hydrogens (tertiary/aromatic N) is 3. The number of imidazole rings is 1. The summed E-state index contributed by atoms with van der Waals surface area (Å²) in [5.74, 6) is 1.21. The standard InChI is InChI=1S/C22H21N3O2S/c1-26-20-10-9-17(12-21(20)27-2)18(13-23)11-19-14-24-22(28-3)25(19)15-16-7-5-4-6-8-16/h4-12,14H,15H2,1-3H3. The predicted octanol–water partition coefficient (Wildman–Crippen LogP) is 4.73. The second-order valence-electron chi connectivity index (χ2n) is 5.98. The van der Waals surface area contributed by atoms with Crippen LogP contribution in [-0.2, 0) is 6.54 Å². The van der Waals surface area contributed by atoms with Crippen molar-refractivity contribution in [3.8, 4) is 17.6 Å². The van der Waals surface area contributed by atoms with Crippen LogP contribution < -0.4 is 9.47 Å². The number of hydrogen-bond acceptors (Lipinski definition) is 5. The van der Waals surface area contributed by atoms with Gasteiger partial charge in [-0.25, -0.2) is 4.98 Å². The Labute approximate surface area is 169 Å². The molecule has 6 heteroatoms. The molecule has 0 saturated heterocycles. The van der Waals surface area contributed by atoms with Crippen molar-refractivity contribution in [1.29, 1.82) is 5.26 Å². The average molecular weight is 391 g/mol. The molecule has 2 aromatic carbocycles. The molecule has 0 radical (unpaired) electrons. The van der Waals surface area contributed by atoms with Gasteiger partial charge in [-0.1, -0.05) is 42.1 Å². The molecule has 142 valence electrons. The van der Waals surface area contributed by atoms with Crippen LogP contribution in [0.15, 0.2) is 59.9 Å². The monoisotopic (exact) mass is 391 g/mol. The zero-order valence-electron chi connectivity index (χ0n) is 16.0. The van der Waals surface area contributed by atoms with Crippen LogP contribution in [0.1, 0.15) is 16.8 Å². The molecule has 28 heavy (non-hydrogen) atoms. The first-order valence-electron chi connectivity index (χ1n) is 8.67. The Bertz CT molecular complexity index is 1020. The number of nitriles is 1. The topological polar surface area (TPSA) is 60.1 Å². The fourth-order valence-corrected chi connectivity index (χ4v) is 3.45. The van der Waals surface area contributed by atoms with Gasteiger partial charge in [-0.05, 0) is 41.7 Å². The van der Waals surface area contributed by atoms with Crippen molar-refractivity contribution in [2.75, 3.05) is 20.5 Å². The molecule has 0 fully saturated rings. The molecule has 0 N–H and O–H groups in total. The van der Waals surface area contributed by atoms with Crippen molar-refractivity contribution in [1.82, 2.24) is 9.55 Å². The molecule has 0 aliphatic carbocycles. The fourth-order valence-electron chi connectivity index (χ4n) is 2.91. The van der Waals surface area contributed by atoms with E-state index in [4.69, 9.17) is 9.47 Å². The number of methoxy groups -OCH3 is 2. The van der Waals surface area contributed by atoms with Crippen LogP contribution in [0.5, 0.6) is 11.5 Å². The van der Waals surface area contributed by atoms with E-state index in [0.717, 1.165) is 16.4 Å². The van der Waals surface area contributed by atoms with Gasteiger partial charge in [-0.15, -0.1) is 0 Å². The lowest BCUT2D eigenvalue weighted by atomic mass is 10.1. The van der Waals surface area contributed by atoms with Crippen molar-refractivity contribution < 1.29 is 9.47 Å². The first-order chi connectivity index (χ1) is 13.7. The van der Waals surface area contributed by atoms with Crippen LogP contribution in [0.2, 0.25) is 0 Å². The molecular weight excluding hydrogens is 370 g/mol. The predicted molar refractivity (Wildman–Crippen MR) is 113 cm³/mol. The first kappa shape index (κ1) is 19.6. The van der Waals surface area contributed by atoms with Gasteiger partial charge in [0.2, 0.25) is 0 Å². The van der Waals surface area contributed by atoms with E-state index in [1.54, 1.807) is 44.3 Å². The summed E-state index contributed by atoms with van der Waals surface area (Å²) in [5, 5.41) is 10.7. The second-order valence-corrected chi connectivity index (χ2v) is 6.75. The Kier molecular flexibility index (Phi) is 6.41. The van der Waals surface area contributed by atoms with Crippen molar-refractivity contribution in [2.45, 2.75) is 11.7 Å². The quantitative estimate of drug-likeness (QED) is 0.430. The highest BCUT2D eigenvalue weighted by atomic mass is 32.2. The summed E-state index contributed by atoms with van der Waals surface area (Å²) in [5.41, 5.74) is 3.34. The second kappa shape index (κ2) is 9.16. The molecule has 0 bridgehead atoms. The highest BCUT2D eigenvalue weighted by Gasteiger charge is 2.12. The van der Waals surface area contributed by atoms with E-state index in [1.165, 1.54) is 5.56 Å². The lowest BCUT2D eigenvalue weighted by Gasteiger charge is -2.11. The first-order valence-corrected chi connectivity index (χ1v) is 9.90. The number of aromatic nitrogens is 2. The highest BCUT2D eigenvalue weighted by molar-refractivity contribution is 7.98. The minimum absolute atomic E-state index is 0.530. The molecule has 0 amide bonds. The van der Waals surface area contributed by atoms with Gasteiger partial charge in [0.25, 0.3) is 0 Å². The third-order valence-electron chi connectivity index (χ3n) is 4.32. The summed E-state index contributed by atoms with van der Waals surface area (Å²) in [7, 11) is 3.17. The van der Waals surface area contributed by atoms with Crippen LogP contribution in [0.4, 0.5) is 0 Å². The van der Waals surface area contributed by atoms with Gasteiger partial charge in [0, 0.05) is 0 Å². The van der Waals surface area contributed by atoms with E-state index >= 15 is 0 Å². The van der Waals surface area contributed by atoms with E-state index in [0.29, 0.717) is 23.6 Å². The van der Waals surface area contributed by atoms with Crippen molar-refractivity contribution >= 4 is 23.4 Å². The molecule has 0 aliphatic heterocycles. The van der Waals surface area contributed by atoms with Gasteiger partial charge in [0.05, 0.1) is 44.3 Å². The zero-order valence-corrected chi connectivity index (χ0v) is 16.9. The van der Waals surface area contributed by atoms with Gasteiger partial charge >= 0.3 is 0 Å². The lowest BCUT2D eigenvalue weighted by molar-refractivity contribution is 0.355. The molecule has 3 aromatic rings. The van der Waals surface area contributed by atoms with E-state index < -0.39 is 0 Å². The summed E-state index contributed by atoms with van der Waals surface area (Å²) >= 11 is 1.58. The summed E-state index contributed by atoms with van der Waals surface area (Å²) in [4.78, 5) is 4.50. The van der Waals surface area contributed by atoms with Crippen LogP contribution in [0.25, 0.3) is 11.6 Å². The zero-order chi connectivity index (χ0) is 19.9. The number of hydrogen-bond donors (Lipinski definition) is 0.